The Morgan fingerprint density at radius 2 is 1.70 bits per heavy atom. The van der Waals surface area contributed by atoms with Crippen LogP contribution in [-0.2, 0) is 19.1 Å². The SMILES string of the molecule is CCOC(=O)c1ccc(NC(=O)COc2ccc([C@H]3c4sc(=O)[nH]c4SC4C5CC(C6C(=O)N(c7ccc([N+](=O)[O-])cc7)C(=O)C56)C43)cc2OC)cc1. The molecule has 4 aliphatic rings. The molecular formula is C37H32N4O10S2. The summed E-state index contributed by atoms with van der Waals surface area (Å²) in [6.45, 7) is 1.66. The summed E-state index contributed by atoms with van der Waals surface area (Å²) in [7, 11) is 1.49. The zero-order valence-corrected chi connectivity index (χ0v) is 29.9. The van der Waals surface area contributed by atoms with E-state index in [4.69, 9.17) is 14.2 Å². The van der Waals surface area contributed by atoms with E-state index in [0.717, 1.165) is 26.8 Å². The lowest BCUT2D eigenvalue weighted by molar-refractivity contribution is -0.384. The van der Waals surface area contributed by atoms with Crippen molar-refractivity contribution in [3.8, 4) is 11.5 Å². The smallest absolute Gasteiger partial charge is 0.338 e. The molecule has 0 spiro atoms. The third-order valence-electron chi connectivity index (χ3n) is 10.6. The number of thioether (sulfide) groups is 1. The predicted molar refractivity (Wildman–Crippen MR) is 194 cm³/mol. The van der Waals surface area contributed by atoms with Gasteiger partial charge in [-0.1, -0.05) is 17.4 Å². The van der Waals surface area contributed by atoms with Crippen LogP contribution in [0.15, 0.2) is 76.6 Å². The molecule has 4 aromatic rings. The number of carbonyl (C=O) groups is 4. The van der Waals surface area contributed by atoms with Gasteiger partial charge >= 0.3 is 10.8 Å². The number of ether oxygens (including phenoxy) is 3. The Balaban J connectivity index is 1.03. The molecule has 2 aliphatic carbocycles. The van der Waals surface area contributed by atoms with Gasteiger partial charge in [-0.15, -0.1) is 11.8 Å². The maximum absolute atomic E-state index is 14.1. The molecule has 53 heavy (non-hydrogen) atoms. The maximum atomic E-state index is 14.1. The molecule has 272 valence electrons. The number of carbonyl (C=O) groups excluding carboxylic acids is 4. The number of benzene rings is 3. The maximum Gasteiger partial charge on any atom is 0.338 e. The van der Waals surface area contributed by atoms with Gasteiger partial charge in [0.05, 0.1) is 46.8 Å². The van der Waals surface area contributed by atoms with Crippen LogP contribution in [0.4, 0.5) is 17.1 Å². The zero-order chi connectivity index (χ0) is 37.1. The third-order valence-corrected chi connectivity index (χ3v) is 13.2. The van der Waals surface area contributed by atoms with Crippen molar-refractivity contribution in [2.24, 2.45) is 29.6 Å². The molecule has 2 aliphatic heterocycles. The highest BCUT2D eigenvalue weighted by Gasteiger charge is 2.69. The van der Waals surface area contributed by atoms with E-state index >= 15 is 0 Å². The number of fused-ring (bicyclic) bond motifs is 9. The molecular weight excluding hydrogens is 725 g/mol. The number of non-ortho nitro benzene ring substituents is 1. The Morgan fingerprint density at radius 1 is 0.981 bits per heavy atom. The van der Waals surface area contributed by atoms with E-state index in [9.17, 15) is 34.1 Å². The first-order valence-corrected chi connectivity index (χ1v) is 18.7. The summed E-state index contributed by atoms with van der Waals surface area (Å²) < 4.78 is 16.6. The molecule has 2 bridgehead atoms. The predicted octanol–water partition coefficient (Wildman–Crippen LogP) is 5.23. The Kier molecular flexibility index (Phi) is 8.81. The molecule has 3 aromatic carbocycles. The number of H-pyrrole nitrogens is 1. The first-order chi connectivity index (χ1) is 25.6. The van der Waals surface area contributed by atoms with Gasteiger partial charge in [0.15, 0.2) is 18.1 Å². The van der Waals surface area contributed by atoms with Crippen molar-refractivity contribution >= 4 is 63.9 Å². The molecule has 1 saturated heterocycles. The van der Waals surface area contributed by atoms with Crippen molar-refractivity contribution < 1.29 is 38.3 Å². The third kappa shape index (κ3) is 5.85. The number of nitrogens with one attached hydrogen (secondary N) is 2. The van der Waals surface area contributed by atoms with Crippen LogP contribution in [0.1, 0.15) is 40.1 Å². The minimum atomic E-state index is -0.548. The molecule has 8 rings (SSSR count). The number of hydrogen-bond acceptors (Lipinski definition) is 12. The van der Waals surface area contributed by atoms with Gasteiger partial charge in [0.2, 0.25) is 11.8 Å². The molecule has 2 N–H and O–H groups in total. The zero-order valence-electron chi connectivity index (χ0n) is 28.3. The fraction of sp³-hybridized carbons (Fsp3) is 0.324. The highest BCUT2D eigenvalue weighted by Crippen LogP contribution is 2.68. The lowest BCUT2D eigenvalue weighted by Crippen LogP contribution is -2.42. The summed E-state index contributed by atoms with van der Waals surface area (Å²) in [5.74, 6) is -2.43. The van der Waals surface area contributed by atoms with Gasteiger partial charge in [0.1, 0.15) is 0 Å². The molecule has 16 heteroatoms. The molecule has 1 aromatic heterocycles. The van der Waals surface area contributed by atoms with Gasteiger partial charge in [-0.05, 0) is 85.2 Å². The molecule has 3 heterocycles. The summed E-state index contributed by atoms with van der Waals surface area (Å²) in [5, 5.41) is 14.7. The van der Waals surface area contributed by atoms with Crippen molar-refractivity contribution in [3.05, 3.63) is 103 Å². The lowest BCUT2D eigenvalue weighted by Gasteiger charge is -2.43. The van der Waals surface area contributed by atoms with Crippen LogP contribution in [0.3, 0.4) is 0 Å². The van der Waals surface area contributed by atoms with Crippen LogP contribution in [0.2, 0.25) is 0 Å². The van der Waals surface area contributed by atoms with Gasteiger partial charge in [-0.2, -0.15) is 0 Å². The quantitative estimate of drug-likeness (QED) is 0.0935. The molecule has 14 nitrogen and oxygen atoms in total. The first-order valence-electron chi connectivity index (χ1n) is 17.0. The van der Waals surface area contributed by atoms with Crippen LogP contribution in [0.5, 0.6) is 11.5 Å². The van der Waals surface area contributed by atoms with E-state index in [0.29, 0.717) is 34.9 Å². The van der Waals surface area contributed by atoms with Gasteiger partial charge in [0, 0.05) is 33.9 Å². The topological polar surface area (TPSA) is 187 Å². The van der Waals surface area contributed by atoms with Crippen LogP contribution in [0, 0.1) is 39.7 Å². The summed E-state index contributed by atoms with van der Waals surface area (Å²) in [5.41, 5.74) is 1.88. The second kappa shape index (κ2) is 13.5. The Labute approximate surface area is 310 Å². The summed E-state index contributed by atoms with van der Waals surface area (Å²) in [6, 6.07) is 17.2. The van der Waals surface area contributed by atoms with Gasteiger partial charge in [-0.25, -0.2) is 4.79 Å². The number of amides is 3. The second-order valence-corrected chi connectivity index (χ2v) is 15.5. The van der Waals surface area contributed by atoms with Crippen LogP contribution in [0.25, 0.3) is 0 Å². The van der Waals surface area contributed by atoms with E-state index in [2.05, 4.69) is 10.3 Å². The van der Waals surface area contributed by atoms with Crippen molar-refractivity contribution in [3.63, 3.8) is 0 Å². The number of nitro groups is 1. The van der Waals surface area contributed by atoms with E-state index < -0.39 is 28.6 Å². The average Bonchev–Trinajstić information content (AvgIpc) is 3.89. The molecule has 3 fully saturated rings. The fourth-order valence-electron chi connectivity index (χ4n) is 8.61. The number of rotatable bonds is 10. The Bertz CT molecular complexity index is 2220. The number of imide groups is 1. The Morgan fingerprint density at radius 3 is 2.38 bits per heavy atom. The van der Waals surface area contributed by atoms with Crippen molar-refractivity contribution in [2.75, 3.05) is 30.5 Å². The highest BCUT2D eigenvalue weighted by molar-refractivity contribution is 8.00. The summed E-state index contributed by atoms with van der Waals surface area (Å²) >= 11 is 2.70. The number of nitro benzene ring substituents is 1. The number of nitrogens with zero attached hydrogens (tertiary/aromatic N) is 2. The Hall–Kier alpha value is -5.48. The molecule has 3 amide bonds. The van der Waals surface area contributed by atoms with E-state index in [-0.39, 0.29) is 64.5 Å². The standard InChI is InChI=1S/C37H32N4O10S2/c1-3-50-36(45)17-4-7-19(8-5-17)38-26(42)16-51-24-13-6-18(14-25(24)49-2)27-28-22-15-23(31(28)52-33-32(27)53-37(46)39-33)30-29(22)34(43)40(35(30)44)20-9-11-21(12-10-20)41(47)48/h4-14,22-23,27-31H,3,15-16H2,1-2H3,(H,38,42)(H,39,46)/t22?,23?,27-,28?,29?,30?,31?/m1/s1. The fourth-order valence-corrected chi connectivity index (χ4v) is 11.5. The van der Waals surface area contributed by atoms with Crippen LogP contribution >= 0.6 is 23.1 Å². The number of hydrogen-bond donors (Lipinski definition) is 2. The van der Waals surface area contributed by atoms with E-state index in [1.165, 1.54) is 36.3 Å². The minimum Gasteiger partial charge on any atom is -0.493 e. The number of thiazole rings is 1. The first kappa shape index (κ1) is 34.6. The average molecular weight is 757 g/mol. The largest absolute Gasteiger partial charge is 0.493 e. The monoisotopic (exact) mass is 756 g/mol. The number of aromatic amines is 1. The van der Waals surface area contributed by atoms with Gasteiger partial charge in [-0.3, -0.25) is 34.2 Å². The van der Waals surface area contributed by atoms with Crippen molar-refractivity contribution in [1.29, 1.82) is 0 Å². The second-order valence-electron chi connectivity index (χ2n) is 13.3. The molecule has 0 radical (unpaired) electrons. The van der Waals surface area contributed by atoms with Crippen LogP contribution in [-0.4, -0.2) is 59.2 Å². The number of aromatic nitrogens is 1. The summed E-state index contributed by atoms with van der Waals surface area (Å²) in [4.78, 5) is 80.9. The van der Waals surface area contributed by atoms with Gasteiger partial charge in [0.25, 0.3) is 11.6 Å². The van der Waals surface area contributed by atoms with Gasteiger partial charge < -0.3 is 24.5 Å². The number of anilines is 2. The van der Waals surface area contributed by atoms with Crippen molar-refractivity contribution in [2.45, 2.75) is 29.5 Å². The normalized spacial score (nSPS) is 25.0. The van der Waals surface area contributed by atoms with Crippen LogP contribution < -0.4 is 24.6 Å². The lowest BCUT2D eigenvalue weighted by atomic mass is 9.68. The molecule has 7 atom stereocenters. The van der Waals surface area contributed by atoms with E-state index in [1.54, 1.807) is 49.0 Å². The molecule has 2 saturated carbocycles. The van der Waals surface area contributed by atoms with E-state index in [1.807, 2.05) is 12.1 Å². The number of methoxy groups -OCH3 is 1. The van der Waals surface area contributed by atoms with Crippen molar-refractivity contribution in [1.82, 2.24) is 4.98 Å². The minimum absolute atomic E-state index is 0.0467. The highest BCUT2D eigenvalue weighted by atomic mass is 32.2. The number of esters is 1. The molecule has 6 unspecified atom stereocenters. The summed E-state index contributed by atoms with van der Waals surface area (Å²) in [6.07, 6.45) is 0.692.